The molecule has 1 aliphatic heterocycles. The van der Waals surface area contributed by atoms with Gasteiger partial charge in [-0.2, -0.15) is 0 Å². The molecule has 34 heavy (non-hydrogen) atoms. The normalized spacial score (nSPS) is 43.4. The minimum Gasteiger partial charge on any atom is -0.338 e. The van der Waals surface area contributed by atoms with E-state index in [0.29, 0.717) is 16.4 Å². The van der Waals surface area contributed by atoms with Crippen molar-refractivity contribution in [2.45, 2.75) is 77.3 Å². The number of halogens is 1. The molecule has 8 unspecified atom stereocenters. The number of carbonyl (C=O) groups excluding carboxylic acids is 1. The van der Waals surface area contributed by atoms with E-state index in [4.69, 9.17) is 0 Å². The van der Waals surface area contributed by atoms with Gasteiger partial charge in [0.25, 0.3) is 5.91 Å². The first-order chi connectivity index (χ1) is 16.2. The summed E-state index contributed by atoms with van der Waals surface area (Å²) in [6.45, 7) is 6.35. The minimum absolute atomic E-state index is 0.0129. The molecule has 0 radical (unpaired) electrons. The molecule has 4 fully saturated rings. The predicted octanol–water partition coefficient (Wildman–Crippen LogP) is 6.16. The summed E-state index contributed by atoms with van der Waals surface area (Å²) in [5, 5.41) is 0. The van der Waals surface area contributed by atoms with Crippen LogP contribution in [0.4, 0.5) is 4.39 Å². The van der Waals surface area contributed by atoms with Gasteiger partial charge in [0.1, 0.15) is 5.82 Å². The lowest BCUT2D eigenvalue weighted by atomic mass is 9.47. The van der Waals surface area contributed by atoms with E-state index in [0.717, 1.165) is 42.6 Å². The molecule has 0 aromatic heterocycles. The van der Waals surface area contributed by atoms with Gasteiger partial charge in [-0.3, -0.25) is 4.79 Å². The average molecular weight is 465 g/mol. The van der Waals surface area contributed by atoms with Gasteiger partial charge in [0.2, 0.25) is 0 Å². The third-order valence-corrected chi connectivity index (χ3v) is 11.6. The van der Waals surface area contributed by atoms with Crippen LogP contribution in [0.15, 0.2) is 35.9 Å². The second kappa shape index (κ2) is 7.91. The number of fused-ring (bicyclic) bond motifs is 4. The fraction of sp³-hybridized carbons (Fsp3) is 0.700. The van der Waals surface area contributed by atoms with Crippen LogP contribution in [0.1, 0.15) is 75.6 Å². The second-order valence-electron chi connectivity index (χ2n) is 12.7. The molecule has 0 N–H and O–H groups in total. The van der Waals surface area contributed by atoms with E-state index in [9.17, 15) is 9.18 Å². The lowest BCUT2D eigenvalue weighted by molar-refractivity contribution is -0.0430. The largest absolute Gasteiger partial charge is 0.338 e. The Kier molecular flexibility index (Phi) is 5.30. The van der Waals surface area contributed by atoms with Crippen molar-refractivity contribution in [2.24, 2.45) is 34.5 Å². The topological polar surface area (TPSA) is 23.6 Å². The quantitative estimate of drug-likeness (QED) is 0.490. The molecule has 5 aliphatic rings. The van der Waals surface area contributed by atoms with Crippen molar-refractivity contribution in [1.29, 1.82) is 0 Å². The number of hydrogen-bond donors (Lipinski definition) is 0. The molecule has 1 heterocycles. The minimum atomic E-state index is -0.295. The number of hydrogen-bond acceptors (Lipinski definition) is 2. The van der Waals surface area contributed by atoms with Crippen molar-refractivity contribution in [3.63, 3.8) is 0 Å². The summed E-state index contributed by atoms with van der Waals surface area (Å²) in [7, 11) is 4.29. The highest BCUT2D eigenvalue weighted by atomic mass is 19.1. The fourth-order valence-corrected chi connectivity index (χ4v) is 9.74. The smallest absolute Gasteiger partial charge is 0.253 e. The van der Waals surface area contributed by atoms with E-state index < -0.39 is 0 Å². The third-order valence-electron chi connectivity index (χ3n) is 11.6. The van der Waals surface area contributed by atoms with Crippen molar-refractivity contribution < 1.29 is 9.18 Å². The van der Waals surface area contributed by atoms with Crippen LogP contribution in [0.2, 0.25) is 0 Å². The number of amides is 1. The Morgan fingerprint density at radius 2 is 1.79 bits per heavy atom. The molecule has 1 spiro atoms. The highest BCUT2D eigenvalue weighted by Gasteiger charge is 2.64. The van der Waals surface area contributed by atoms with Crippen molar-refractivity contribution in [3.8, 4) is 0 Å². The molecule has 3 nitrogen and oxygen atoms in total. The van der Waals surface area contributed by atoms with Gasteiger partial charge in [-0.15, -0.1) is 0 Å². The Morgan fingerprint density at radius 3 is 2.56 bits per heavy atom. The highest BCUT2D eigenvalue weighted by molar-refractivity contribution is 5.94. The molecule has 3 saturated carbocycles. The van der Waals surface area contributed by atoms with Crippen molar-refractivity contribution in [3.05, 3.63) is 47.3 Å². The Balaban J connectivity index is 1.21. The van der Waals surface area contributed by atoms with Crippen LogP contribution in [0.3, 0.4) is 0 Å². The van der Waals surface area contributed by atoms with Gasteiger partial charge in [-0.25, -0.2) is 4.39 Å². The van der Waals surface area contributed by atoms with E-state index in [1.165, 1.54) is 57.2 Å². The fourth-order valence-electron chi connectivity index (χ4n) is 9.74. The summed E-state index contributed by atoms with van der Waals surface area (Å²) in [6, 6.07) is 6.98. The average Bonchev–Trinajstić information content (AvgIpc) is 3.31. The monoisotopic (exact) mass is 464 g/mol. The number of nitrogens with zero attached hydrogens (tertiary/aromatic N) is 2. The van der Waals surface area contributed by atoms with Crippen LogP contribution in [0.25, 0.3) is 0 Å². The second-order valence-corrected chi connectivity index (χ2v) is 12.7. The first-order valence-electron chi connectivity index (χ1n) is 13.7. The van der Waals surface area contributed by atoms with Gasteiger partial charge in [-0.05, 0) is 124 Å². The zero-order chi connectivity index (χ0) is 23.8. The van der Waals surface area contributed by atoms with Crippen molar-refractivity contribution in [1.82, 2.24) is 9.80 Å². The van der Waals surface area contributed by atoms with E-state index >= 15 is 0 Å². The van der Waals surface area contributed by atoms with E-state index in [1.807, 2.05) is 11.9 Å². The summed E-state index contributed by atoms with van der Waals surface area (Å²) in [5.41, 5.74) is 3.08. The lowest BCUT2D eigenvalue weighted by Crippen LogP contribution is -2.53. The number of carbonyl (C=O) groups is 1. The zero-order valence-corrected chi connectivity index (χ0v) is 21.4. The summed E-state index contributed by atoms with van der Waals surface area (Å²) < 4.78 is 13.3. The van der Waals surface area contributed by atoms with Crippen LogP contribution >= 0.6 is 0 Å². The van der Waals surface area contributed by atoms with Crippen LogP contribution in [0.5, 0.6) is 0 Å². The van der Waals surface area contributed by atoms with Crippen LogP contribution < -0.4 is 0 Å². The molecule has 8 atom stereocenters. The van der Waals surface area contributed by atoms with Gasteiger partial charge in [0.15, 0.2) is 0 Å². The number of allylic oxidation sites excluding steroid dienone is 1. The standard InChI is InChI=1S/C30H41FN2O/c1-19-25-11-12-27-24-10-7-21-17-23(33(4)28(34)20-5-8-22(31)9-6-20)13-15-29(21,2)26(24)14-16-30(25,27)18-32(19)3/h5-9,19,23-27H,10-18H2,1-4H3. The number of likely N-dealkylation sites (tertiary alicyclic amines) is 1. The molecular formula is C30H41FN2O. The van der Waals surface area contributed by atoms with Gasteiger partial charge < -0.3 is 9.80 Å². The molecule has 4 aliphatic carbocycles. The van der Waals surface area contributed by atoms with E-state index in [1.54, 1.807) is 17.7 Å². The molecule has 1 aromatic rings. The summed E-state index contributed by atoms with van der Waals surface area (Å²) in [6.07, 6.45) is 12.8. The molecule has 6 rings (SSSR count). The molecule has 1 saturated heterocycles. The van der Waals surface area contributed by atoms with E-state index in [-0.39, 0.29) is 17.8 Å². The Bertz CT molecular complexity index is 1000. The third kappa shape index (κ3) is 3.13. The maximum atomic E-state index is 13.3. The first-order valence-corrected chi connectivity index (χ1v) is 13.7. The molecule has 1 amide bonds. The first kappa shape index (κ1) is 22.8. The number of rotatable bonds is 2. The molecule has 184 valence electrons. The lowest BCUT2D eigenvalue weighted by Gasteiger charge is -2.58. The molecule has 0 bridgehead atoms. The van der Waals surface area contributed by atoms with Crippen LogP contribution in [0, 0.1) is 40.3 Å². The highest BCUT2D eigenvalue weighted by Crippen LogP contribution is 2.68. The summed E-state index contributed by atoms with van der Waals surface area (Å²) in [5.74, 6) is 3.18. The van der Waals surface area contributed by atoms with Gasteiger partial charge in [-0.1, -0.05) is 18.6 Å². The van der Waals surface area contributed by atoms with Crippen molar-refractivity contribution in [2.75, 3.05) is 20.6 Å². The molecule has 4 heteroatoms. The number of benzene rings is 1. The van der Waals surface area contributed by atoms with Crippen LogP contribution in [-0.4, -0.2) is 48.4 Å². The van der Waals surface area contributed by atoms with Crippen LogP contribution in [-0.2, 0) is 0 Å². The zero-order valence-electron chi connectivity index (χ0n) is 21.4. The SMILES string of the molecule is CC1C2CCC3C4CC=C5CC(N(C)C(=O)c6ccc(F)cc6)CCC5(C)C4CCC32CN1C. The van der Waals surface area contributed by atoms with E-state index in [2.05, 4.69) is 31.9 Å². The Labute approximate surface area is 204 Å². The van der Waals surface area contributed by atoms with Crippen molar-refractivity contribution >= 4 is 5.91 Å². The maximum Gasteiger partial charge on any atom is 0.253 e. The molecular weight excluding hydrogens is 423 g/mol. The van der Waals surface area contributed by atoms with Gasteiger partial charge >= 0.3 is 0 Å². The summed E-state index contributed by atoms with van der Waals surface area (Å²) in [4.78, 5) is 17.7. The maximum absolute atomic E-state index is 13.3. The van der Waals surface area contributed by atoms with Gasteiger partial charge in [0, 0.05) is 31.2 Å². The Hall–Kier alpha value is -1.68. The predicted molar refractivity (Wildman–Crippen MR) is 134 cm³/mol. The Morgan fingerprint density at radius 1 is 1.06 bits per heavy atom. The summed E-state index contributed by atoms with van der Waals surface area (Å²) >= 11 is 0. The van der Waals surface area contributed by atoms with Gasteiger partial charge in [0.05, 0.1) is 0 Å². The molecule has 1 aromatic carbocycles.